The molecule has 11 heteroatoms. The number of urea groups is 1. The maximum Gasteiger partial charge on any atom is 0.345 e. The van der Waals surface area contributed by atoms with Crippen LogP contribution in [0.2, 0.25) is 0 Å². The Hall–Kier alpha value is -4.38. The number of rotatable bonds is 9. The van der Waals surface area contributed by atoms with Gasteiger partial charge in [0.25, 0.3) is 0 Å². The van der Waals surface area contributed by atoms with E-state index >= 15 is 0 Å². The Balaban J connectivity index is 1.64. The number of esters is 1. The highest BCUT2D eigenvalue weighted by Gasteiger charge is 2.32. The molecular formula is C28H32N5O5S+. The van der Waals surface area contributed by atoms with Crippen molar-refractivity contribution >= 4 is 39.9 Å². The first-order chi connectivity index (χ1) is 18.5. The van der Waals surface area contributed by atoms with E-state index in [-0.39, 0.29) is 24.8 Å². The van der Waals surface area contributed by atoms with Crippen LogP contribution in [0, 0.1) is 6.92 Å². The van der Waals surface area contributed by atoms with Crippen molar-refractivity contribution in [3.8, 4) is 5.75 Å². The number of primary amides is 1. The minimum Gasteiger partial charge on any atom is -0.508 e. The molecule has 4 N–H and O–H groups in total. The van der Waals surface area contributed by atoms with Gasteiger partial charge in [0, 0.05) is 17.0 Å². The van der Waals surface area contributed by atoms with E-state index in [1.807, 2.05) is 35.3 Å². The first-order valence-electron chi connectivity index (χ1n) is 12.4. The predicted molar refractivity (Wildman–Crippen MR) is 148 cm³/mol. The van der Waals surface area contributed by atoms with Crippen LogP contribution >= 0.6 is 11.3 Å². The summed E-state index contributed by atoms with van der Waals surface area (Å²) in [6.45, 7) is 5.65. The van der Waals surface area contributed by atoms with Crippen LogP contribution in [0.3, 0.4) is 0 Å². The summed E-state index contributed by atoms with van der Waals surface area (Å²) in [6.07, 6.45) is 3.81. The van der Waals surface area contributed by atoms with E-state index in [2.05, 4.69) is 5.32 Å². The number of amides is 3. The number of hydrogen-bond donors (Lipinski definition) is 3. The molecule has 2 aromatic carbocycles. The zero-order valence-electron chi connectivity index (χ0n) is 22.2. The number of aryl methyl sites for hydroxylation is 2. The molecule has 10 nitrogen and oxygen atoms in total. The van der Waals surface area contributed by atoms with Gasteiger partial charge in [-0.2, -0.15) is 4.40 Å². The van der Waals surface area contributed by atoms with E-state index in [0.29, 0.717) is 11.3 Å². The summed E-state index contributed by atoms with van der Waals surface area (Å²) in [5, 5.41) is 12.5. The third-order valence-corrected chi connectivity index (χ3v) is 7.20. The van der Waals surface area contributed by atoms with Crippen LogP contribution in [0.1, 0.15) is 40.3 Å². The molecule has 4 aromatic rings. The molecule has 2 heterocycles. The molecule has 39 heavy (non-hydrogen) atoms. The Morgan fingerprint density at radius 3 is 2.41 bits per heavy atom. The standard InChI is InChI=1S/C28H31N5O5S/c1-17(2)38-26(36)20-7-9-21(10-8-20)30-27(37)33(16-22-15-31(4)28-32(22)14-18(3)39-28)24(25(29)35)13-19-5-11-23(34)12-6-19/h5-12,14-15,17,24H,13,16H2,1-4H3,(H3-,29,30,34,35,36,37)/p+1/t24-/m0/s1. The summed E-state index contributed by atoms with van der Waals surface area (Å²) >= 11 is 1.62. The van der Waals surface area contributed by atoms with Gasteiger partial charge in [-0.25, -0.2) is 14.2 Å². The monoisotopic (exact) mass is 550 g/mol. The summed E-state index contributed by atoms with van der Waals surface area (Å²) in [7, 11) is 1.92. The molecule has 0 radical (unpaired) electrons. The van der Waals surface area contributed by atoms with Gasteiger partial charge < -0.3 is 25.8 Å². The van der Waals surface area contributed by atoms with Gasteiger partial charge in [0.15, 0.2) is 5.69 Å². The third-order valence-electron chi connectivity index (χ3n) is 6.10. The average Bonchev–Trinajstić information content (AvgIpc) is 3.40. The van der Waals surface area contributed by atoms with Crippen molar-refractivity contribution in [1.29, 1.82) is 0 Å². The number of imidazole rings is 1. The number of benzene rings is 2. The summed E-state index contributed by atoms with van der Waals surface area (Å²) < 4.78 is 9.18. The number of phenols is 1. The molecule has 0 fully saturated rings. The van der Waals surface area contributed by atoms with E-state index in [0.717, 1.165) is 21.1 Å². The minimum atomic E-state index is -0.981. The fraction of sp³-hybridized carbons (Fsp3) is 0.286. The lowest BCUT2D eigenvalue weighted by atomic mass is 10.0. The third kappa shape index (κ3) is 6.55. The van der Waals surface area contributed by atoms with E-state index in [4.69, 9.17) is 10.5 Å². The van der Waals surface area contributed by atoms with Crippen LogP contribution in [-0.2, 0) is 29.5 Å². The molecule has 0 unspecified atom stereocenters. The van der Waals surface area contributed by atoms with Gasteiger partial charge in [-0.15, -0.1) is 0 Å². The number of thiazole rings is 1. The Labute approximate surface area is 230 Å². The van der Waals surface area contributed by atoms with Crippen molar-refractivity contribution < 1.29 is 28.8 Å². The van der Waals surface area contributed by atoms with Gasteiger partial charge >= 0.3 is 17.0 Å². The number of fused-ring (bicyclic) bond motifs is 1. The second-order valence-corrected chi connectivity index (χ2v) is 10.8. The number of nitrogens with zero attached hydrogens (tertiary/aromatic N) is 3. The molecular weight excluding hydrogens is 518 g/mol. The smallest absolute Gasteiger partial charge is 0.345 e. The summed E-state index contributed by atoms with van der Waals surface area (Å²) in [5.41, 5.74) is 8.18. The second kappa shape index (κ2) is 11.6. The Morgan fingerprint density at radius 2 is 1.79 bits per heavy atom. The SMILES string of the molecule is Cc1cn2c(CN(C(=O)Nc3ccc(C(=O)OC(C)C)cc3)[C@@H](Cc3ccc(O)cc3)C(N)=O)c[n+](C)c2s1. The predicted octanol–water partition coefficient (Wildman–Crippen LogP) is 3.54. The summed E-state index contributed by atoms with van der Waals surface area (Å²) in [5.74, 6) is -1.02. The van der Waals surface area contributed by atoms with Crippen molar-refractivity contribution in [1.82, 2.24) is 9.30 Å². The second-order valence-electron chi connectivity index (χ2n) is 9.60. The number of aromatic nitrogens is 2. The van der Waals surface area contributed by atoms with Crippen molar-refractivity contribution in [2.24, 2.45) is 12.8 Å². The van der Waals surface area contributed by atoms with E-state index in [9.17, 15) is 19.5 Å². The van der Waals surface area contributed by atoms with Gasteiger partial charge in [0.05, 0.1) is 25.3 Å². The van der Waals surface area contributed by atoms with Gasteiger partial charge in [-0.1, -0.05) is 23.5 Å². The highest BCUT2D eigenvalue weighted by molar-refractivity contribution is 7.16. The number of aromatic hydroxyl groups is 1. The Bertz CT molecular complexity index is 1490. The molecule has 4 rings (SSSR count). The zero-order chi connectivity index (χ0) is 28.3. The molecule has 0 aliphatic carbocycles. The number of nitrogens with one attached hydrogen (secondary N) is 1. The minimum absolute atomic E-state index is 0.0978. The first kappa shape index (κ1) is 27.6. The van der Waals surface area contributed by atoms with Crippen molar-refractivity contribution in [2.45, 2.75) is 45.9 Å². The number of carbonyl (C=O) groups is 3. The van der Waals surface area contributed by atoms with Crippen LogP contribution < -0.4 is 15.6 Å². The van der Waals surface area contributed by atoms with Crippen LogP contribution in [0.5, 0.6) is 5.75 Å². The molecule has 0 saturated heterocycles. The largest absolute Gasteiger partial charge is 0.508 e. The zero-order valence-corrected chi connectivity index (χ0v) is 23.1. The maximum atomic E-state index is 13.7. The van der Waals surface area contributed by atoms with Gasteiger partial charge in [0.1, 0.15) is 24.2 Å². The van der Waals surface area contributed by atoms with Crippen molar-refractivity contribution in [2.75, 3.05) is 5.32 Å². The van der Waals surface area contributed by atoms with Gasteiger partial charge in [0.2, 0.25) is 5.91 Å². The van der Waals surface area contributed by atoms with Crippen molar-refractivity contribution in [3.05, 3.63) is 82.6 Å². The maximum absolute atomic E-state index is 13.7. The normalized spacial score (nSPS) is 11.9. The quantitative estimate of drug-likeness (QED) is 0.217. The number of anilines is 1. The summed E-state index contributed by atoms with van der Waals surface area (Å²) in [4.78, 5) is 42.1. The number of nitrogens with two attached hydrogens (primary N) is 1. The lowest BCUT2D eigenvalue weighted by Crippen LogP contribution is -2.50. The highest BCUT2D eigenvalue weighted by Crippen LogP contribution is 2.21. The molecule has 0 bridgehead atoms. The van der Waals surface area contributed by atoms with E-state index in [1.54, 1.807) is 61.6 Å². The lowest BCUT2D eigenvalue weighted by molar-refractivity contribution is -0.642. The molecule has 0 saturated carbocycles. The highest BCUT2D eigenvalue weighted by atomic mass is 32.1. The Morgan fingerprint density at radius 1 is 1.13 bits per heavy atom. The van der Waals surface area contributed by atoms with Gasteiger partial charge in [-0.05, 0) is 62.7 Å². The van der Waals surface area contributed by atoms with Crippen LogP contribution in [-0.4, -0.2) is 44.5 Å². The molecule has 0 aliphatic heterocycles. The number of hydrogen-bond acceptors (Lipinski definition) is 6. The average molecular weight is 551 g/mol. The van der Waals surface area contributed by atoms with E-state index < -0.39 is 23.9 Å². The molecule has 0 spiro atoms. The molecule has 0 aliphatic rings. The first-order valence-corrected chi connectivity index (χ1v) is 13.3. The van der Waals surface area contributed by atoms with E-state index in [1.165, 1.54) is 17.0 Å². The fourth-order valence-electron chi connectivity index (χ4n) is 4.25. The van der Waals surface area contributed by atoms with Gasteiger partial charge in [-0.3, -0.25) is 4.79 Å². The number of phenolic OH excluding ortho intramolecular Hbond substituents is 1. The van der Waals surface area contributed by atoms with Crippen molar-refractivity contribution in [3.63, 3.8) is 0 Å². The fourth-order valence-corrected chi connectivity index (χ4v) is 5.16. The molecule has 2 aromatic heterocycles. The van der Waals surface area contributed by atoms with Crippen LogP contribution in [0.4, 0.5) is 10.5 Å². The molecule has 1 atom stereocenters. The molecule has 204 valence electrons. The molecule has 3 amide bonds. The number of carbonyl (C=O) groups excluding carboxylic acids is 3. The lowest BCUT2D eigenvalue weighted by Gasteiger charge is -2.29. The summed E-state index contributed by atoms with van der Waals surface area (Å²) in [6, 6.07) is 11.2. The van der Waals surface area contributed by atoms with Crippen LogP contribution in [0.25, 0.3) is 4.96 Å². The number of ether oxygens (including phenoxy) is 1. The van der Waals surface area contributed by atoms with Crippen LogP contribution in [0.15, 0.2) is 60.9 Å². The topological polar surface area (TPSA) is 130 Å². The Kier molecular flexibility index (Phi) is 8.20.